The third kappa shape index (κ3) is 2.93. The van der Waals surface area contributed by atoms with Gasteiger partial charge < -0.3 is 10.2 Å². The van der Waals surface area contributed by atoms with Crippen LogP contribution < -0.4 is 4.72 Å². The van der Waals surface area contributed by atoms with Gasteiger partial charge in [0.2, 0.25) is 10.0 Å². The lowest BCUT2D eigenvalue weighted by Gasteiger charge is -2.31. The fourth-order valence-corrected chi connectivity index (χ4v) is 3.34. The quantitative estimate of drug-likeness (QED) is 0.766. The lowest BCUT2D eigenvalue weighted by Crippen LogP contribution is -2.46. The number of aliphatic hydroxyl groups is 1. The zero-order chi connectivity index (χ0) is 15.1. The first-order valence-electron chi connectivity index (χ1n) is 5.63. The molecule has 0 heterocycles. The molecule has 110 valence electrons. The molecule has 0 bridgehead atoms. The molecule has 1 aromatic carbocycles. The number of carbonyl (C=O) groups is 1. The summed E-state index contributed by atoms with van der Waals surface area (Å²) in [6.07, 6.45) is -0.0263. The lowest BCUT2D eigenvalue weighted by molar-refractivity contribution is 0.0694. The maximum Gasteiger partial charge on any atom is 0.337 e. The molecule has 0 spiro atoms. The monoisotopic (exact) mass is 323 g/mol. The van der Waals surface area contributed by atoms with Gasteiger partial charge in [0, 0.05) is 6.04 Å². The van der Waals surface area contributed by atoms with Crippen molar-refractivity contribution in [1.82, 2.24) is 4.72 Å². The molecule has 6 nitrogen and oxygen atoms in total. The SMILES string of the molecule is O=C(O)c1cc(S(=O)(=O)NC2CC(O)C2)cc(F)c1Cl. The van der Waals surface area contributed by atoms with Crippen LogP contribution in [-0.4, -0.2) is 36.7 Å². The normalized spacial score (nSPS) is 22.4. The molecular formula is C11H11ClFNO5S. The van der Waals surface area contributed by atoms with Gasteiger partial charge in [-0.25, -0.2) is 22.3 Å². The summed E-state index contributed by atoms with van der Waals surface area (Å²) in [5, 5.41) is 17.3. The minimum Gasteiger partial charge on any atom is -0.478 e. The van der Waals surface area contributed by atoms with Crippen LogP contribution in [0.25, 0.3) is 0 Å². The van der Waals surface area contributed by atoms with Gasteiger partial charge in [-0.1, -0.05) is 11.6 Å². The molecule has 2 rings (SSSR count). The summed E-state index contributed by atoms with van der Waals surface area (Å²) >= 11 is 5.47. The molecule has 1 fully saturated rings. The first-order chi connectivity index (χ1) is 9.20. The van der Waals surface area contributed by atoms with Gasteiger partial charge in [0.1, 0.15) is 5.82 Å². The number of carboxylic acid groups (broad SMARTS) is 1. The van der Waals surface area contributed by atoms with Crippen molar-refractivity contribution >= 4 is 27.6 Å². The Morgan fingerprint density at radius 1 is 1.40 bits per heavy atom. The van der Waals surface area contributed by atoms with Crippen LogP contribution in [0.2, 0.25) is 5.02 Å². The van der Waals surface area contributed by atoms with E-state index in [2.05, 4.69) is 4.72 Å². The van der Waals surface area contributed by atoms with E-state index in [0.717, 1.165) is 6.07 Å². The Morgan fingerprint density at radius 3 is 2.50 bits per heavy atom. The van der Waals surface area contributed by atoms with E-state index in [9.17, 15) is 17.6 Å². The highest BCUT2D eigenvalue weighted by Gasteiger charge is 2.32. The highest BCUT2D eigenvalue weighted by Crippen LogP contribution is 2.26. The average Bonchev–Trinajstić information content (AvgIpc) is 2.29. The number of sulfonamides is 1. The van der Waals surface area contributed by atoms with Crippen molar-refractivity contribution in [3.05, 3.63) is 28.5 Å². The molecule has 20 heavy (non-hydrogen) atoms. The number of aliphatic hydroxyl groups excluding tert-OH is 1. The number of aromatic carboxylic acids is 1. The molecule has 1 saturated carbocycles. The Balaban J connectivity index is 2.34. The fourth-order valence-electron chi connectivity index (χ4n) is 1.85. The molecular weight excluding hydrogens is 313 g/mol. The van der Waals surface area contributed by atoms with E-state index < -0.39 is 49.4 Å². The van der Waals surface area contributed by atoms with E-state index >= 15 is 0 Å². The predicted molar refractivity (Wildman–Crippen MR) is 67.7 cm³/mol. The summed E-state index contributed by atoms with van der Waals surface area (Å²) in [6.45, 7) is 0. The van der Waals surface area contributed by atoms with E-state index in [0.29, 0.717) is 6.07 Å². The smallest absolute Gasteiger partial charge is 0.337 e. The zero-order valence-electron chi connectivity index (χ0n) is 10.0. The molecule has 0 aliphatic heterocycles. The molecule has 0 saturated heterocycles. The van der Waals surface area contributed by atoms with E-state index in [1.807, 2.05) is 0 Å². The van der Waals surface area contributed by atoms with Crippen molar-refractivity contribution in [3.8, 4) is 0 Å². The number of rotatable bonds is 4. The van der Waals surface area contributed by atoms with Crippen molar-refractivity contribution in [2.45, 2.75) is 29.9 Å². The van der Waals surface area contributed by atoms with Crippen molar-refractivity contribution in [1.29, 1.82) is 0 Å². The van der Waals surface area contributed by atoms with Crippen LogP contribution in [0.3, 0.4) is 0 Å². The Bertz CT molecular complexity index is 657. The van der Waals surface area contributed by atoms with Crippen LogP contribution in [-0.2, 0) is 10.0 Å². The van der Waals surface area contributed by atoms with E-state index in [1.165, 1.54) is 0 Å². The van der Waals surface area contributed by atoms with Crippen LogP contribution in [0.15, 0.2) is 17.0 Å². The molecule has 1 aliphatic rings. The summed E-state index contributed by atoms with van der Waals surface area (Å²) in [4.78, 5) is 10.4. The molecule has 1 aliphatic carbocycles. The van der Waals surface area contributed by atoms with Gasteiger partial charge in [0.15, 0.2) is 0 Å². The molecule has 0 amide bonds. The molecule has 0 unspecified atom stereocenters. The highest BCUT2D eigenvalue weighted by atomic mass is 35.5. The third-order valence-corrected chi connectivity index (χ3v) is 4.86. The van der Waals surface area contributed by atoms with Gasteiger partial charge in [0.05, 0.1) is 21.6 Å². The fraction of sp³-hybridized carbons (Fsp3) is 0.364. The summed E-state index contributed by atoms with van der Waals surface area (Å²) < 4.78 is 39.7. The second-order valence-electron chi connectivity index (χ2n) is 4.52. The second-order valence-corrected chi connectivity index (χ2v) is 6.61. The average molecular weight is 324 g/mol. The van der Waals surface area contributed by atoms with E-state index in [-0.39, 0.29) is 12.8 Å². The van der Waals surface area contributed by atoms with Crippen LogP contribution in [0.4, 0.5) is 4.39 Å². The Hall–Kier alpha value is -1.22. The van der Waals surface area contributed by atoms with Crippen LogP contribution >= 0.6 is 11.6 Å². The minimum absolute atomic E-state index is 0.265. The summed E-state index contributed by atoms with van der Waals surface area (Å²) in [5.41, 5.74) is -0.624. The highest BCUT2D eigenvalue weighted by molar-refractivity contribution is 7.89. The molecule has 9 heteroatoms. The number of benzene rings is 1. The third-order valence-electron chi connectivity index (χ3n) is 2.98. The topological polar surface area (TPSA) is 104 Å². The Labute approximate surface area is 119 Å². The standard InChI is InChI=1S/C11H11ClFNO5S/c12-10-8(11(16)17)3-7(4-9(10)13)20(18,19)14-5-1-6(15)2-5/h3-6,14-15H,1-2H2,(H,16,17). The molecule has 0 aromatic heterocycles. The summed E-state index contributed by atoms with van der Waals surface area (Å²) in [6, 6.07) is 1.01. The van der Waals surface area contributed by atoms with Gasteiger partial charge in [0.25, 0.3) is 0 Å². The van der Waals surface area contributed by atoms with Gasteiger partial charge in [-0.05, 0) is 25.0 Å². The van der Waals surface area contributed by atoms with E-state index in [4.69, 9.17) is 21.8 Å². The summed E-state index contributed by atoms with van der Waals surface area (Å²) in [7, 11) is -4.06. The zero-order valence-corrected chi connectivity index (χ0v) is 11.6. The van der Waals surface area contributed by atoms with Gasteiger partial charge in [-0.15, -0.1) is 0 Å². The number of halogens is 2. The maximum absolute atomic E-state index is 13.5. The summed E-state index contributed by atoms with van der Waals surface area (Å²) in [5.74, 6) is -2.65. The first kappa shape index (κ1) is 15.2. The van der Waals surface area contributed by atoms with Crippen molar-refractivity contribution in [2.75, 3.05) is 0 Å². The molecule has 1 aromatic rings. The Morgan fingerprint density at radius 2 is 2.00 bits per heavy atom. The number of carboxylic acids is 1. The maximum atomic E-state index is 13.5. The second kappa shape index (κ2) is 5.28. The first-order valence-corrected chi connectivity index (χ1v) is 7.49. The number of nitrogens with one attached hydrogen (secondary N) is 1. The minimum atomic E-state index is -4.06. The van der Waals surface area contributed by atoms with Gasteiger partial charge >= 0.3 is 5.97 Å². The number of hydrogen-bond acceptors (Lipinski definition) is 4. The number of hydrogen-bond donors (Lipinski definition) is 3. The lowest BCUT2D eigenvalue weighted by atomic mass is 9.91. The van der Waals surface area contributed by atoms with Crippen molar-refractivity contribution < 1.29 is 27.8 Å². The molecule has 0 radical (unpaired) electrons. The molecule has 3 N–H and O–H groups in total. The van der Waals surface area contributed by atoms with Gasteiger partial charge in [-0.3, -0.25) is 0 Å². The Kier molecular flexibility index (Phi) is 4.01. The van der Waals surface area contributed by atoms with Crippen molar-refractivity contribution in [3.63, 3.8) is 0 Å². The van der Waals surface area contributed by atoms with Crippen LogP contribution in [0.5, 0.6) is 0 Å². The van der Waals surface area contributed by atoms with Gasteiger partial charge in [-0.2, -0.15) is 0 Å². The van der Waals surface area contributed by atoms with Crippen LogP contribution in [0, 0.1) is 5.82 Å². The van der Waals surface area contributed by atoms with E-state index in [1.54, 1.807) is 0 Å². The largest absolute Gasteiger partial charge is 0.478 e. The van der Waals surface area contributed by atoms with Crippen LogP contribution in [0.1, 0.15) is 23.2 Å². The van der Waals surface area contributed by atoms with Crippen molar-refractivity contribution in [2.24, 2.45) is 0 Å². The predicted octanol–water partition coefficient (Wildman–Crippen LogP) is 0.979. The molecule has 0 atom stereocenters.